The summed E-state index contributed by atoms with van der Waals surface area (Å²) in [6.07, 6.45) is 3.72. The molecule has 0 bridgehead atoms. The Morgan fingerprint density at radius 1 is 1.37 bits per heavy atom. The van der Waals surface area contributed by atoms with Crippen molar-refractivity contribution in [3.63, 3.8) is 0 Å². The minimum absolute atomic E-state index is 0.458. The van der Waals surface area contributed by atoms with E-state index in [9.17, 15) is 5.11 Å². The van der Waals surface area contributed by atoms with Crippen molar-refractivity contribution >= 4 is 0 Å². The molecule has 1 aliphatic heterocycles. The van der Waals surface area contributed by atoms with Gasteiger partial charge in [-0.3, -0.25) is 0 Å². The van der Waals surface area contributed by atoms with Crippen molar-refractivity contribution < 1.29 is 5.11 Å². The first-order valence-electron chi connectivity index (χ1n) is 7.23. The number of nitrogens with zero attached hydrogens (tertiary/aromatic N) is 1. The normalized spacial score (nSPS) is 19.9. The third-order valence-corrected chi connectivity index (χ3v) is 3.85. The van der Waals surface area contributed by atoms with E-state index in [4.69, 9.17) is 0 Å². The number of phenolic OH excluding ortho intramolecular Hbond substituents is 1. The molecule has 0 amide bonds. The van der Waals surface area contributed by atoms with Crippen LogP contribution in [-0.4, -0.2) is 37.2 Å². The van der Waals surface area contributed by atoms with E-state index in [2.05, 4.69) is 22.3 Å². The van der Waals surface area contributed by atoms with Crippen LogP contribution in [0.1, 0.15) is 29.5 Å². The van der Waals surface area contributed by atoms with Gasteiger partial charge in [0.15, 0.2) is 0 Å². The maximum absolute atomic E-state index is 10.1. The molecule has 1 fully saturated rings. The minimum atomic E-state index is 0.458. The highest BCUT2D eigenvalue weighted by molar-refractivity contribution is 5.43. The lowest BCUT2D eigenvalue weighted by Gasteiger charge is -2.23. The average Bonchev–Trinajstić information content (AvgIpc) is 2.36. The predicted octanol–water partition coefficient (Wildman–Crippen LogP) is 2.30. The summed E-state index contributed by atoms with van der Waals surface area (Å²) in [5.74, 6) is 1.20. The fourth-order valence-corrected chi connectivity index (χ4v) is 2.94. The molecule has 1 aromatic carbocycles. The summed E-state index contributed by atoms with van der Waals surface area (Å²) in [5, 5.41) is 13.6. The molecule has 3 nitrogen and oxygen atoms in total. The Hall–Kier alpha value is -1.06. The van der Waals surface area contributed by atoms with Crippen LogP contribution in [0.15, 0.2) is 12.1 Å². The van der Waals surface area contributed by atoms with Crippen LogP contribution in [0, 0.1) is 12.8 Å². The van der Waals surface area contributed by atoms with Gasteiger partial charge in [-0.2, -0.15) is 0 Å². The summed E-state index contributed by atoms with van der Waals surface area (Å²) in [7, 11) is 4.07. The number of nitrogens with one attached hydrogen (secondary N) is 1. The van der Waals surface area contributed by atoms with E-state index >= 15 is 0 Å². The molecule has 1 heterocycles. The number of aryl methyl sites for hydroxylation is 1. The molecule has 1 unspecified atom stereocenters. The van der Waals surface area contributed by atoms with Crippen LogP contribution >= 0.6 is 0 Å². The van der Waals surface area contributed by atoms with Gasteiger partial charge in [-0.05, 0) is 70.4 Å². The average molecular weight is 262 g/mol. The molecule has 1 saturated heterocycles. The second-order valence-electron chi connectivity index (χ2n) is 6.07. The zero-order valence-corrected chi connectivity index (χ0v) is 12.4. The smallest absolute Gasteiger partial charge is 0.122 e. The first kappa shape index (κ1) is 14.4. The molecule has 2 rings (SSSR count). The minimum Gasteiger partial charge on any atom is -0.507 e. The van der Waals surface area contributed by atoms with Crippen LogP contribution in [0.2, 0.25) is 0 Å². The van der Waals surface area contributed by atoms with E-state index in [1.807, 2.05) is 21.0 Å². The summed E-state index contributed by atoms with van der Waals surface area (Å²) < 4.78 is 0. The Bertz CT molecular complexity index is 423. The van der Waals surface area contributed by atoms with Crippen molar-refractivity contribution in [1.29, 1.82) is 0 Å². The highest BCUT2D eigenvalue weighted by atomic mass is 16.3. The lowest BCUT2D eigenvalue weighted by molar-refractivity contribution is 0.373. The van der Waals surface area contributed by atoms with Crippen LogP contribution < -0.4 is 5.32 Å². The van der Waals surface area contributed by atoms with E-state index in [0.717, 1.165) is 43.1 Å². The second kappa shape index (κ2) is 6.40. The van der Waals surface area contributed by atoms with Gasteiger partial charge >= 0.3 is 0 Å². The Morgan fingerprint density at radius 2 is 2.16 bits per heavy atom. The number of piperidine rings is 1. The Kier molecular flexibility index (Phi) is 4.83. The number of phenols is 1. The molecule has 0 spiro atoms. The van der Waals surface area contributed by atoms with E-state index in [1.165, 1.54) is 18.4 Å². The van der Waals surface area contributed by atoms with Crippen molar-refractivity contribution in [3.8, 4) is 5.75 Å². The van der Waals surface area contributed by atoms with Gasteiger partial charge in [-0.1, -0.05) is 12.1 Å². The fourth-order valence-electron chi connectivity index (χ4n) is 2.94. The van der Waals surface area contributed by atoms with Crippen molar-refractivity contribution in [1.82, 2.24) is 10.2 Å². The Morgan fingerprint density at radius 3 is 2.79 bits per heavy atom. The Balaban J connectivity index is 2.13. The van der Waals surface area contributed by atoms with E-state index < -0.39 is 0 Å². The molecule has 19 heavy (non-hydrogen) atoms. The zero-order chi connectivity index (χ0) is 13.8. The molecular formula is C16H26N2O. The van der Waals surface area contributed by atoms with Gasteiger partial charge in [0.25, 0.3) is 0 Å². The number of hydrogen-bond acceptors (Lipinski definition) is 3. The van der Waals surface area contributed by atoms with E-state index in [0.29, 0.717) is 5.75 Å². The summed E-state index contributed by atoms with van der Waals surface area (Å²) >= 11 is 0. The maximum atomic E-state index is 10.1. The molecule has 2 N–H and O–H groups in total. The highest BCUT2D eigenvalue weighted by Gasteiger charge is 2.15. The number of hydrogen-bond donors (Lipinski definition) is 2. The van der Waals surface area contributed by atoms with E-state index in [-0.39, 0.29) is 0 Å². The van der Waals surface area contributed by atoms with Gasteiger partial charge in [-0.25, -0.2) is 0 Å². The van der Waals surface area contributed by atoms with Crippen molar-refractivity contribution in [3.05, 3.63) is 28.8 Å². The molecule has 0 aromatic heterocycles. The molecule has 106 valence electrons. The molecule has 1 atom stereocenters. The molecule has 0 radical (unpaired) electrons. The number of rotatable bonds is 4. The SMILES string of the molecule is Cc1cc(CC2CCCNC2)cc(CN(C)C)c1O. The van der Waals surface area contributed by atoms with Crippen LogP contribution in [0.4, 0.5) is 0 Å². The Labute approximate surface area is 116 Å². The maximum Gasteiger partial charge on any atom is 0.122 e. The second-order valence-corrected chi connectivity index (χ2v) is 6.07. The third kappa shape index (κ3) is 3.95. The molecule has 1 aliphatic rings. The lowest BCUT2D eigenvalue weighted by atomic mass is 9.90. The fraction of sp³-hybridized carbons (Fsp3) is 0.625. The van der Waals surface area contributed by atoms with Gasteiger partial charge in [0, 0.05) is 12.1 Å². The van der Waals surface area contributed by atoms with Gasteiger partial charge < -0.3 is 15.3 Å². The van der Waals surface area contributed by atoms with Gasteiger partial charge in [0.2, 0.25) is 0 Å². The molecular weight excluding hydrogens is 236 g/mol. The first-order valence-corrected chi connectivity index (χ1v) is 7.23. The van der Waals surface area contributed by atoms with Crippen molar-refractivity contribution in [2.75, 3.05) is 27.2 Å². The standard InChI is InChI=1S/C16H26N2O/c1-12-7-14(8-13-5-4-6-17-10-13)9-15(16(12)19)11-18(2)3/h7,9,13,17,19H,4-6,8,10-11H2,1-3H3. The number of benzene rings is 1. The molecule has 3 heteroatoms. The zero-order valence-electron chi connectivity index (χ0n) is 12.4. The van der Waals surface area contributed by atoms with Crippen LogP contribution in [0.3, 0.4) is 0 Å². The summed E-state index contributed by atoms with van der Waals surface area (Å²) in [6, 6.07) is 4.32. The molecule has 1 aromatic rings. The van der Waals surface area contributed by atoms with Crippen molar-refractivity contribution in [2.45, 2.75) is 32.7 Å². The first-order chi connectivity index (χ1) is 9.06. The molecule has 0 aliphatic carbocycles. The van der Waals surface area contributed by atoms with Crippen molar-refractivity contribution in [2.24, 2.45) is 5.92 Å². The summed E-state index contributed by atoms with van der Waals surface area (Å²) in [5.41, 5.74) is 3.41. The third-order valence-electron chi connectivity index (χ3n) is 3.85. The predicted molar refractivity (Wildman–Crippen MR) is 79.5 cm³/mol. The summed E-state index contributed by atoms with van der Waals surface area (Å²) in [4.78, 5) is 2.10. The largest absolute Gasteiger partial charge is 0.507 e. The van der Waals surface area contributed by atoms with Gasteiger partial charge in [0.1, 0.15) is 5.75 Å². The molecule has 0 saturated carbocycles. The topological polar surface area (TPSA) is 35.5 Å². The monoisotopic (exact) mass is 262 g/mol. The quantitative estimate of drug-likeness (QED) is 0.874. The van der Waals surface area contributed by atoms with Crippen LogP contribution in [0.25, 0.3) is 0 Å². The van der Waals surface area contributed by atoms with Gasteiger partial charge in [-0.15, -0.1) is 0 Å². The summed E-state index contributed by atoms with van der Waals surface area (Å²) in [6.45, 7) is 5.08. The van der Waals surface area contributed by atoms with Crippen LogP contribution in [0.5, 0.6) is 5.75 Å². The lowest BCUT2D eigenvalue weighted by Crippen LogP contribution is -2.30. The highest BCUT2D eigenvalue weighted by Crippen LogP contribution is 2.27. The number of aromatic hydroxyl groups is 1. The van der Waals surface area contributed by atoms with Gasteiger partial charge in [0.05, 0.1) is 0 Å². The van der Waals surface area contributed by atoms with E-state index in [1.54, 1.807) is 0 Å². The van der Waals surface area contributed by atoms with Crippen LogP contribution in [-0.2, 0) is 13.0 Å².